The number of aliphatic hydroxyl groups excluding tert-OH is 3. The minimum Gasteiger partial charge on any atom is -0.462 e. The molecule has 0 heterocycles. The number of rotatable bonds is 39. The minimum atomic E-state index is -4.89. The molecule has 61 heavy (non-hydrogen) atoms. The summed E-state index contributed by atoms with van der Waals surface area (Å²) in [6.45, 7) is 1.30. The maximum Gasteiger partial charge on any atom is 0.472 e. The van der Waals surface area contributed by atoms with Gasteiger partial charge in [0.2, 0.25) is 0 Å². The van der Waals surface area contributed by atoms with Crippen molar-refractivity contribution in [2.75, 3.05) is 26.4 Å². The second kappa shape index (κ2) is 38.9. The summed E-state index contributed by atoms with van der Waals surface area (Å²) in [5.74, 6) is -1.23. The molecule has 1 unspecified atom stereocenters. The molecule has 0 aliphatic carbocycles. The molecular formula is C44H74O15P2. The van der Waals surface area contributed by atoms with Crippen LogP contribution in [0.2, 0.25) is 0 Å². The molecule has 0 saturated carbocycles. The Kier molecular flexibility index (Phi) is 37.1. The monoisotopic (exact) mass is 904 g/mol. The van der Waals surface area contributed by atoms with Gasteiger partial charge in [-0.2, -0.15) is 0 Å². The van der Waals surface area contributed by atoms with Crippen LogP contribution in [0.5, 0.6) is 0 Å². The molecule has 0 saturated heterocycles. The lowest BCUT2D eigenvalue weighted by Gasteiger charge is -2.20. The zero-order valence-corrected chi connectivity index (χ0v) is 38.0. The normalized spacial score (nSPS) is 15.9. The van der Waals surface area contributed by atoms with Gasteiger partial charge in [-0.3, -0.25) is 23.2 Å². The van der Waals surface area contributed by atoms with Crippen LogP contribution in [-0.4, -0.2) is 92.8 Å². The molecule has 0 bridgehead atoms. The van der Waals surface area contributed by atoms with Crippen molar-refractivity contribution in [2.45, 2.75) is 154 Å². The SMILES string of the molecule is CC/C=C\C[C@H](O)/C=C/C=C\C/C=C\C=C\[C@H](O)/C=C\CCCC(=O)O[C@H](COC(=O)CCCCCCC/C=C\CCCCCC)COP(=O)(O)OC[C@@H](O)COP(=O)(O)O. The smallest absolute Gasteiger partial charge is 0.462 e. The number of esters is 2. The highest BCUT2D eigenvalue weighted by Gasteiger charge is 2.28. The highest BCUT2D eigenvalue weighted by atomic mass is 31.2. The number of ether oxygens (including phenoxy) is 2. The molecule has 5 atom stereocenters. The van der Waals surface area contributed by atoms with E-state index in [2.05, 4.69) is 28.1 Å². The third-order valence-corrected chi connectivity index (χ3v) is 9.87. The van der Waals surface area contributed by atoms with Gasteiger partial charge in [0, 0.05) is 12.8 Å². The minimum absolute atomic E-state index is 0.0607. The number of phosphoric ester groups is 2. The third kappa shape index (κ3) is 42.3. The van der Waals surface area contributed by atoms with Crippen molar-refractivity contribution in [3.8, 4) is 0 Å². The number of phosphoric acid groups is 2. The number of unbranched alkanes of at least 4 members (excludes halogenated alkanes) is 10. The zero-order chi connectivity index (χ0) is 45.5. The van der Waals surface area contributed by atoms with Gasteiger partial charge in [-0.1, -0.05) is 137 Å². The van der Waals surface area contributed by atoms with Crippen LogP contribution in [0.25, 0.3) is 0 Å². The lowest BCUT2D eigenvalue weighted by molar-refractivity contribution is -0.161. The Morgan fingerprint density at radius 1 is 0.574 bits per heavy atom. The van der Waals surface area contributed by atoms with Crippen LogP contribution in [0.1, 0.15) is 129 Å². The second-order valence-corrected chi connectivity index (χ2v) is 17.0. The van der Waals surface area contributed by atoms with E-state index in [1.54, 1.807) is 42.5 Å². The first-order valence-corrected chi connectivity index (χ1v) is 24.5. The van der Waals surface area contributed by atoms with E-state index >= 15 is 0 Å². The summed E-state index contributed by atoms with van der Waals surface area (Å²) in [7, 11) is -9.76. The van der Waals surface area contributed by atoms with Gasteiger partial charge in [-0.05, 0) is 64.2 Å². The molecule has 0 aromatic rings. The van der Waals surface area contributed by atoms with Gasteiger partial charge in [0.25, 0.3) is 0 Å². The van der Waals surface area contributed by atoms with Crippen molar-refractivity contribution in [2.24, 2.45) is 0 Å². The summed E-state index contributed by atoms with van der Waals surface area (Å²) in [5, 5.41) is 29.7. The third-order valence-electron chi connectivity index (χ3n) is 8.43. The van der Waals surface area contributed by atoms with E-state index in [4.69, 9.17) is 23.8 Å². The number of aliphatic hydroxyl groups is 3. The van der Waals surface area contributed by atoms with E-state index in [1.807, 2.05) is 37.3 Å². The molecule has 0 rings (SSSR count). The quantitative estimate of drug-likeness (QED) is 0.0111. The molecule has 0 aromatic carbocycles. The maximum absolute atomic E-state index is 12.7. The van der Waals surface area contributed by atoms with Gasteiger partial charge < -0.3 is 39.5 Å². The highest BCUT2D eigenvalue weighted by Crippen LogP contribution is 2.43. The topological polar surface area (TPSA) is 236 Å². The molecular weight excluding hydrogens is 830 g/mol. The first-order chi connectivity index (χ1) is 29.2. The van der Waals surface area contributed by atoms with Crippen LogP contribution >= 0.6 is 15.6 Å². The Morgan fingerprint density at radius 2 is 1.16 bits per heavy atom. The van der Waals surface area contributed by atoms with Gasteiger partial charge in [-0.15, -0.1) is 0 Å². The first kappa shape index (κ1) is 58.2. The van der Waals surface area contributed by atoms with Crippen molar-refractivity contribution in [3.63, 3.8) is 0 Å². The largest absolute Gasteiger partial charge is 0.472 e. The highest BCUT2D eigenvalue weighted by molar-refractivity contribution is 7.47. The van der Waals surface area contributed by atoms with Gasteiger partial charge in [0.1, 0.15) is 12.7 Å². The van der Waals surface area contributed by atoms with E-state index < -0.39 is 78.4 Å². The van der Waals surface area contributed by atoms with Crippen molar-refractivity contribution in [1.82, 2.24) is 0 Å². The Balaban J connectivity index is 4.81. The lowest BCUT2D eigenvalue weighted by Crippen LogP contribution is -2.29. The molecule has 0 spiro atoms. The lowest BCUT2D eigenvalue weighted by atomic mass is 10.1. The fourth-order valence-corrected chi connectivity index (χ4v) is 6.30. The number of allylic oxidation sites excluding steroid dienone is 10. The fourth-order valence-electron chi connectivity index (χ4n) is 5.14. The standard InChI is InChI=1S/C44H74O15P2/c1-3-5-7-8-9-10-11-12-13-14-18-21-27-33-43(48)55-37-42(38-58-61(53,54)57-36-41(47)35-56-60(50,51)52)59-44(49)34-28-22-26-32-40(46)31-25-20-17-15-16-19-24-30-39(45)29-23-6-4-2/h6,10-11,16-17,19-20,23-26,30-32,39-42,45-47H,3-5,7-9,12-15,18,21-22,27-29,33-38H2,1-2H3,(H,53,54)(H2,50,51,52)/b11-10-,19-16-,20-17-,23-6-,30-24+,31-25+,32-26-/t39-,40-,41-,42+/m0/s1. The predicted octanol–water partition coefficient (Wildman–Crippen LogP) is 8.72. The van der Waals surface area contributed by atoms with Crippen molar-refractivity contribution in [3.05, 3.63) is 85.1 Å². The van der Waals surface area contributed by atoms with E-state index in [9.17, 15) is 38.9 Å². The number of carbonyl (C=O) groups is 2. The number of hydrogen-bond acceptors (Lipinski definition) is 12. The molecule has 0 radical (unpaired) electrons. The zero-order valence-electron chi connectivity index (χ0n) is 36.2. The van der Waals surface area contributed by atoms with Crippen molar-refractivity contribution >= 4 is 27.6 Å². The van der Waals surface area contributed by atoms with Gasteiger partial charge >= 0.3 is 27.6 Å². The van der Waals surface area contributed by atoms with Gasteiger partial charge in [0.05, 0.1) is 32.0 Å². The van der Waals surface area contributed by atoms with Crippen molar-refractivity contribution < 1.29 is 71.8 Å². The molecule has 0 aliphatic heterocycles. The van der Waals surface area contributed by atoms with Crippen LogP contribution < -0.4 is 0 Å². The molecule has 0 fully saturated rings. The van der Waals surface area contributed by atoms with Gasteiger partial charge in [-0.25, -0.2) is 9.13 Å². The Labute approximate surface area is 363 Å². The van der Waals surface area contributed by atoms with E-state index in [-0.39, 0.29) is 12.8 Å². The Hall–Kier alpha value is -2.78. The predicted molar refractivity (Wildman–Crippen MR) is 237 cm³/mol. The molecule has 15 nitrogen and oxygen atoms in total. The number of hydrogen-bond donors (Lipinski definition) is 6. The van der Waals surface area contributed by atoms with Crippen LogP contribution in [-0.2, 0) is 41.8 Å². The van der Waals surface area contributed by atoms with Crippen LogP contribution in [0, 0.1) is 0 Å². The van der Waals surface area contributed by atoms with Crippen molar-refractivity contribution in [1.29, 1.82) is 0 Å². The van der Waals surface area contributed by atoms with Crippen LogP contribution in [0.4, 0.5) is 0 Å². The molecule has 0 amide bonds. The van der Waals surface area contributed by atoms with Crippen LogP contribution in [0.3, 0.4) is 0 Å². The summed E-state index contributed by atoms with van der Waals surface area (Å²) in [6, 6.07) is 0. The summed E-state index contributed by atoms with van der Waals surface area (Å²) >= 11 is 0. The summed E-state index contributed by atoms with van der Waals surface area (Å²) < 4.78 is 47.6. The average molecular weight is 905 g/mol. The molecule has 0 aliphatic rings. The fraction of sp³-hybridized carbons (Fsp3) is 0.636. The second-order valence-electron chi connectivity index (χ2n) is 14.3. The number of carbonyl (C=O) groups excluding carboxylic acids is 2. The molecule has 6 N–H and O–H groups in total. The van der Waals surface area contributed by atoms with E-state index in [0.717, 1.165) is 44.9 Å². The van der Waals surface area contributed by atoms with E-state index in [1.165, 1.54) is 25.7 Å². The summed E-state index contributed by atoms with van der Waals surface area (Å²) in [5.41, 5.74) is 0. The summed E-state index contributed by atoms with van der Waals surface area (Å²) in [6.07, 6.45) is 36.5. The Bertz CT molecular complexity index is 1430. The maximum atomic E-state index is 12.7. The molecule has 0 aromatic heterocycles. The average Bonchev–Trinajstić information content (AvgIpc) is 3.21. The van der Waals surface area contributed by atoms with Crippen LogP contribution in [0.15, 0.2) is 85.1 Å². The molecule has 17 heteroatoms. The van der Waals surface area contributed by atoms with E-state index in [0.29, 0.717) is 32.1 Å². The first-order valence-electron chi connectivity index (χ1n) is 21.5. The summed E-state index contributed by atoms with van der Waals surface area (Å²) in [4.78, 5) is 52.6. The molecule has 350 valence electrons. The van der Waals surface area contributed by atoms with Gasteiger partial charge in [0.15, 0.2) is 6.10 Å². The Morgan fingerprint density at radius 3 is 1.84 bits per heavy atom.